The number of rotatable bonds is 2. The highest BCUT2D eigenvalue weighted by atomic mass is 16.5. The molecule has 4 fully saturated rings. The van der Waals surface area contributed by atoms with Crippen molar-refractivity contribution in [3.05, 3.63) is 17.5 Å². The van der Waals surface area contributed by atoms with E-state index in [1.807, 2.05) is 0 Å². The van der Waals surface area contributed by atoms with E-state index in [4.69, 9.17) is 4.52 Å². The molecule has 4 aliphatic rings. The smallest absolute Gasteiger partial charge is 0.136 e. The van der Waals surface area contributed by atoms with E-state index < -0.39 is 5.60 Å². The normalized spacial score (nSPS) is 50.7. The van der Waals surface area contributed by atoms with E-state index in [-0.39, 0.29) is 0 Å². The first-order chi connectivity index (χ1) is 13.3. The maximum absolute atomic E-state index is 10.7. The monoisotopic (exact) mass is 385 g/mol. The number of aryl methyl sites for hydroxylation is 1. The maximum Gasteiger partial charge on any atom is 0.136 e. The minimum absolute atomic E-state index is 0.395. The highest BCUT2D eigenvalue weighted by Gasteiger charge is 2.61. The van der Waals surface area contributed by atoms with Gasteiger partial charge in [0.25, 0.3) is 0 Å². The minimum Gasteiger partial charge on any atom is -0.390 e. The third-order valence-corrected chi connectivity index (χ3v) is 10.2. The van der Waals surface area contributed by atoms with E-state index in [1.54, 1.807) is 0 Å². The fourth-order valence-corrected chi connectivity index (χ4v) is 8.58. The average Bonchev–Trinajstić information content (AvgIpc) is 3.25. The van der Waals surface area contributed by atoms with Gasteiger partial charge in [0.2, 0.25) is 0 Å². The molecule has 0 radical (unpaired) electrons. The molecule has 0 aromatic carbocycles. The zero-order valence-electron chi connectivity index (χ0n) is 18.3. The van der Waals surface area contributed by atoms with Crippen molar-refractivity contribution in [1.82, 2.24) is 5.16 Å². The van der Waals surface area contributed by atoms with Crippen molar-refractivity contribution in [2.75, 3.05) is 0 Å². The van der Waals surface area contributed by atoms with Gasteiger partial charge in [0.1, 0.15) is 5.76 Å². The molecule has 4 saturated carbocycles. The molecular weight excluding hydrogens is 346 g/mol. The Morgan fingerprint density at radius 1 is 1.00 bits per heavy atom. The van der Waals surface area contributed by atoms with Crippen LogP contribution in [0.25, 0.3) is 0 Å². The molecule has 3 nitrogen and oxygen atoms in total. The Morgan fingerprint density at radius 2 is 1.79 bits per heavy atom. The minimum atomic E-state index is -0.428. The van der Waals surface area contributed by atoms with Gasteiger partial charge in [-0.2, -0.15) is 0 Å². The quantitative estimate of drug-likeness (QED) is 0.667. The van der Waals surface area contributed by atoms with Gasteiger partial charge < -0.3 is 9.63 Å². The van der Waals surface area contributed by atoms with Crippen LogP contribution >= 0.6 is 0 Å². The van der Waals surface area contributed by atoms with Gasteiger partial charge in [-0.1, -0.05) is 25.9 Å². The molecule has 1 aromatic heterocycles. The second-order valence-corrected chi connectivity index (χ2v) is 11.6. The number of hydrogen-bond donors (Lipinski definition) is 1. The van der Waals surface area contributed by atoms with Crippen LogP contribution in [0.3, 0.4) is 0 Å². The molecule has 0 spiro atoms. The van der Waals surface area contributed by atoms with E-state index in [1.165, 1.54) is 50.6 Å². The van der Waals surface area contributed by atoms with E-state index in [0.717, 1.165) is 48.7 Å². The summed E-state index contributed by atoms with van der Waals surface area (Å²) >= 11 is 0. The fourth-order valence-electron chi connectivity index (χ4n) is 8.58. The summed E-state index contributed by atoms with van der Waals surface area (Å²) in [6.45, 7) is 9.38. The van der Waals surface area contributed by atoms with E-state index in [2.05, 4.69) is 38.9 Å². The number of hydrogen-bond acceptors (Lipinski definition) is 3. The van der Waals surface area contributed by atoms with Crippen LogP contribution in [0.5, 0.6) is 0 Å². The van der Waals surface area contributed by atoms with Gasteiger partial charge in [0.05, 0.1) is 11.3 Å². The standard InChI is InChI=1S/C25H39NO2/c1-5-17-14-22(26-28-17)21-9-8-19-18-7-6-16-15-23(2,27)12-13-24(16,3)20(18)10-11-25(19,21)4/h14,16,18-21,27H,5-13,15H2,1-4H3/t16-,18-,19-,20-,21+,23+,24-,25-/m0/s1. The van der Waals surface area contributed by atoms with Gasteiger partial charge in [-0.3, -0.25) is 0 Å². The van der Waals surface area contributed by atoms with Crippen LogP contribution in [0.1, 0.15) is 103 Å². The SMILES string of the molecule is CCc1cc([C@H]2CC[C@H]3[C@@H]4CC[C@H]5C[C@](C)(O)CC[C@]5(C)[C@H]4CC[C@]23C)no1. The molecule has 0 unspecified atom stereocenters. The Labute approximate surface area is 170 Å². The highest BCUT2D eigenvalue weighted by Crippen LogP contribution is 2.69. The maximum atomic E-state index is 10.7. The molecule has 0 amide bonds. The number of aromatic nitrogens is 1. The lowest BCUT2D eigenvalue weighted by Gasteiger charge is -2.61. The summed E-state index contributed by atoms with van der Waals surface area (Å²) in [5.74, 6) is 4.94. The molecule has 5 rings (SSSR count). The first-order valence-electron chi connectivity index (χ1n) is 11.9. The summed E-state index contributed by atoms with van der Waals surface area (Å²) in [5, 5.41) is 15.2. The largest absolute Gasteiger partial charge is 0.390 e. The molecule has 0 bridgehead atoms. The van der Waals surface area contributed by atoms with Gasteiger partial charge in [0, 0.05) is 18.4 Å². The number of nitrogens with zero attached hydrogens (tertiary/aromatic N) is 1. The zero-order valence-corrected chi connectivity index (χ0v) is 18.3. The van der Waals surface area contributed by atoms with Crippen molar-refractivity contribution in [3.8, 4) is 0 Å². The van der Waals surface area contributed by atoms with Gasteiger partial charge in [-0.25, -0.2) is 0 Å². The molecule has 0 aliphatic heterocycles. The van der Waals surface area contributed by atoms with Crippen molar-refractivity contribution in [2.24, 2.45) is 34.5 Å². The van der Waals surface area contributed by atoms with Crippen LogP contribution in [0.15, 0.2) is 10.6 Å². The first kappa shape index (κ1) is 19.2. The van der Waals surface area contributed by atoms with Crippen LogP contribution in [-0.4, -0.2) is 15.9 Å². The summed E-state index contributed by atoms with van der Waals surface area (Å²) in [6.07, 6.45) is 12.3. The predicted molar refractivity (Wildman–Crippen MR) is 111 cm³/mol. The average molecular weight is 386 g/mol. The molecule has 0 saturated heterocycles. The Bertz CT molecular complexity index is 739. The predicted octanol–water partition coefficient (Wildman–Crippen LogP) is 6.11. The van der Waals surface area contributed by atoms with E-state index in [9.17, 15) is 5.11 Å². The van der Waals surface area contributed by atoms with Crippen LogP contribution in [-0.2, 0) is 6.42 Å². The Morgan fingerprint density at radius 3 is 2.54 bits per heavy atom. The molecule has 3 heteroatoms. The first-order valence-corrected chi connectivity index (χ1v) is 11.9. The molecule has 8 atom stereocenters. The molecule has 1 heterocycles. The van der Waals surface area contributed by atoms with E-state index in [0.29, 0.717) is 16.7 Å². The molecule has 4 aliphatic carbocycles. The van der Waals surface area contributed by atoms with Crippen LogP contribution in [0.2, 0.25) is 0 Å². The van der Waals surface area contributed by atoms with Gasteiger partial charge in [0.15, 0.2) is 0 Å². The lowest BCUT2D eigenvalue weighted by molar-refractivity contribution is -0.143. The van der Waals surface area contributed by atoms with E-state index >= 15 is 0 Å². The number of aliphatic hydroxyl groups is 1. The molecule has 1 aromatic rings. The number of fused-ring (bicyclic) bond motifs is 5. The third-order valence-electron chi connectivity index (χ3n) is 10.2. The van der Waals surface area contributed by atoms with Crippen LogP contribution in [0.4, 0.5) is 0 Å². The van der Waals surface area contributed by atoms with Crippen molar-refractivity contribution in [3.63, 3.8) is 0 Å². The molecule has 28 heavy (non-hydrogen) atoms. The molecule has 1 N–H and O–H groups in total. The van der Waals surface area contributed by atoms with Gasteiger partial charge in [-0.15, -0.1) is 0 Å². The zero-order chi connectivity index (χ0) is 19.7. The highest BCUT2D eigenvalue weighted by molar-refractivity contribution is 5.20. The van der Waals surface area contributed by atoms with Gasteiger partial charge in [-0.05, 0) is 99.2 Å². The van der Waals surface area contributed by atoms with Gasteiger partial charge >= 0.3 is 0 Å². The fraction of sp³-hybridized carbons (Fsp3) is 0.880. The summed E-state index contributed by atoms with van der Waals surface area (Å²) in [4.78, 5) is 0. The van der Waals surface area contributed by atoms with Crippen molar-refractivity contribution in [1.29, 1.82) is 0 Å². The summed E-state index contributed by atoms with van der Waals surface area (Å²) in [5.41, 5.74) is 1.65. The van der Waals surface area contributed by atoms with Crippen LogP contribution < -0.4 is 0 Å². The molecular formula is C25H39NO2. The van der Waals surface area contributed by atoms with Crippen molar-refractivity contribution in [2.45, 2.75) is 103 Å². The lowest BCUT2D eigenvalue weighted by atomic mass is 9.44. The summed E-state index contributed by atoms with van der Waals surface area (Å²) < 4.78 is 5.59. The van der Waals surface area contributed by atoms with Crippen LogP contribution in [0, 0.1) is 34.5 Å². The Kier molecular flexibility index (Phi) is 4.33. The second-order valence-electron chi connectivity index (χ2n) is 11.6. The molecule has 156 valence electrons. The van der Waals surface area contributed by atoms with Crippen molar-refractivity contribution < 1.29 is 9.63 Å². The Hall–Kier alpha value is -0.830. The summed E-state index contributed by atoms with van der Waals surface area (Å²) in [7, 11) is 0. The topological polar surface area (TPSA) is 46.3 Å². The second kappa shape index (κ2) is 6.33. The summed E-state index contributed by atoms with van der Waals surface area (Å²) in [6, 6.07) is 2.24. The Balaban J connectivity index is 1.41. The van der Waals surface area contributed by atoms with Crippen molar-refractivity contribution >= 4 is 0 Å². The third kappa shape index (κ3) is 2.67. The lowest BCUT2D eigenvalue weighted by Crippen LogP contribution is -2.55.